The second kappa shape index (κ2) is 4.10. The van der Waals surface area contributed by atoms with Crippen LogP contribution in [-0.2, 0) is 6.42 Å². The monoisotopic (exact) mass is 269 g/mol. The second-order valence-electron chi connectivity index (χ2n) is 3.06. The third-order valence-corrected chi connectivity index (χ3v) is 2.71. The summed E-state index contributed by atoms with van der Waals surface area (Å²) in [5, 5.41) is 6.73. The van der Waals surface area contributed by atoms with Gasteiger partial charge in [0.05, 0.1) is 5.56 Å². The predicted octanol–water partition coefficient (Wildman–Crippen LogP) is 2.94. The molecule has 0 bridgehead atoms. The number of nitrogens with zero attached hydrogens (tertiary/aromatic N) is 2. The third-order valence-electron chi connectivity index (χ3n) is 2.05. The van der Waals surface area contributed by atoms with E-state index in [0.717, 1.165) is 12.2 Å². The van der Waals surface area contributed by atoms with Gasteiger partial charge in [-0.3, -0.25) is 5.10 Å². The molecule has 0 spiro atoms. The first-order valence-corrected chi connectivity index (χ1v) is 5.37. The van der Waals surface area contributed by atoms with Gasteiger partial charge in [-0.1, -0.05) is 13.0 Å². The van der Waals surface area contributed by atoms with Crippen LogP contribution in [0, 0.1) is 5.82 Å². The molecule has 15 heavy (non-hydrogen) atoms. The predicted molar refractivity (Wildman–Crippen MR) is 58.9 cm³/mol. The zero-order chi connectivity index (χ0) is 10.8. The zero-order valence-corrected chi connectivity index (χ0v) is 9.68. The molecule has 0 aliphatic rings. The van der Waals surface area contributed by atoms with Gasteiger partial charge in [0.2, 0.25) is 0 Å². The molecule has 0 amide bonds. The van der Waals surface area contributed by atoms with Crippen molar-refractivity contribution >= 4 is 15.9 Å². The van der Waals surface area contributed by atoms with Crippen LogP contribution in [0.3, 0.4) is 0 Å². The largest absolute Gasteiger partial charge is 0.263 e. The van der Waals surface area contributed by atoms with Gasteiger partial charge in [0.25, 0.3) is 0 Å². The minimum atomic E-state index is -0.328. The molecule has 1 aromatic heterocycles. The Kier molecular flexibility index (Phi) is 2.81. The molecule has 0 fully saturated rings. The minimum Gasteiger partial charge on any atom is -0.263 e. The van der Waals surface area contributed by atoms with Crippen molar-refractivity contribution in [3.05, 3.63) is 34.3 Å². The SMILES string of the molecule is CCc1nc(-c2c(F)cccc2Br)n[nH]1. The van der Waals surface area contributed by atoms with Crippen LogP contribution in [0.2, 0.25) is 0 Å². The van der Waals surface area contributed by atoms with E-state index in [4.69, 9.17) is 0 Å². The Hall–Kier alpha value is -1.23. The lowest BCUT2D eigenvalue weighted by Crippen LogP contribution is -1.88. The molecule has 2 rings (SSSR count). The van der Waals surface area contributed by atoms with Gasteiger partial charge in [0, 0.05) is 10.9 Å². The minimum absolute atomic E-state index is 0.328. The summed E-state index contributed by atoms with van der Waals surface area (Å²) < 4.78 is 14.2. The van der Waals surface area contributed by atoms with Gasteiger partial charge >= 0.3 is 0 Å². The lowest BCUT2D eigenvalue weighted by atomic mass is 10.2. The molecule has 0 aliphatic heterocycles. The number of hydrogen-bond donors (Lipinski definition) is 1. The average molecular weight is 270 g/mol. The Balaban J connectivity index is 2.53. The molecule has 0 radical (unpaired) electrons. The molecule has 0 aliphatic carbocycles. The van der Waals surface area contributed by atoms with E-state index >= 15 is 0 Å². The Morgan fingerprint density at radius 3 is 2.87 bits per heavy atom. The summed E-state index contributed by atoms with van der Waals surface area (Å²) in [6.45, 7) is 1.96. The van der Waals surface area contributed by atoms with Crippen LogP contribution < -0.4 is 0 Å². The molecule has 0 atom stereocenters. The molecular formula is C10H9BrFN3. The number of H-pyrrole nitrogens is 1. The van der Waals surface area contributed by atoms with Gasteiger partial charge < -0.3 is 0 Å². The Labute approximate surface area is 94.9 Å². The summed E-state index contributed by atoms with van der Waals surface area (Å²) in [4.78, 5) is 4.18. The Bertz CT molecular complexity index is 461. The first kappa shape index (κ1) is 10.3. The van der Waals surface area contributed by atoms with E-state index in [-0.39, 0.29) is 5.82 Å². The third kappa shape index (κ3) is 1.92. The molecule has 0 saturated carbocycles. The van der Waals surface area contributed by atoms with E-state index < -0.39 is 0 Å². The molecule has 0 saturated heterocycles. The maximum absolute atomic E-state index is 13.5. The molecule has 2 aromatic rings. The van der Waals surface area contributed by atoms with Crippen molar-refractivity contribution in [2.45, 2.75) is 13.3 Å². The van der Waals surface area contributed by atoms with E-state index in [1.54, 1.807) is 12.1 Å². The fourth-order valence-corrected chi connectivity index (χ4v) is 1.80. The first-order valence-electron chi connectivity index (χ1n) is 4.58. The Morgan fingerprint density at radius 2 is 2.27 bits per heavy atom. The number of aromatic nitrogens is 3. The van der Waals surface area contributed by atoms with E-state index in [1.165, 1.54) is 6.07 Å². The van der Waals surface area contributed by atoms with Crippen molar-refractivity contribution in [3.8, 4) is 11.4 Å². The van der Waals surface area contributed by atoms with E-state index in [2.05, 4.69) is 31.1 Å². The quantitative estimate of drug-likeness (QED) is 0.911. The lowest BCUT2D eigenvalue weighted by molar-refractivity contribution is 0.629. The van der Waals surface area contributed by atoms with Crippen LogP contribution in [0.4, 0.5) is 4.39 Å². The zero-order valence-electron chi connectivity index (χ0n) is 8.09. The smallest absolute Gasteiger partial charge is 0.185 e. The molecule has 1 aromatic carbocycles. The first-order chi connectivity index (χ1) is 7.22. The van der Waals surface area contributed by atoms with Crippen molar-refractivity contribution in [2.24, 2.45) is 0 Å². The van der Waals surface area contributed by atoms with Crippen LogP contribution >= 0.6 is 15.9 Å². The Morgan fingerprint density at radius 1 is 1.47 bits per heavy atom. The number of halogens is 2. The summed E-state index contributed by atoms with van der Waals surface area (Å²) in [7, 11) is 0. The number of aromatic amines is 1. The van der Waals surface area contributed by atoms with Gasteiger partial charge in [-0.15, -0.1) is 0 Å². The van der Waals surface area contributed by atoms with Crippen molar-refractivity contribution in [1.82, 2.24) is 15.2 Å². The lowest BCUT2D eigenvalue weighted by Gasteiger charge is -2.00. The highest BCUT2D eigenvalue weighted by atomic mass is 79.9. The van der Waals surface area contributed by atoms with E-state index in [9.17, 15) is 4.39 Å². The van der Waals surface area contributed by atoms with Crippen molar-refractivity contribution in [2.75, 3.05) is 0 Å². The van der Waals surface area contributed by atoms with Gasteiger partial charge in [0.1, 0.15) is 11.6 Å². The number of rotatable bonds is 2. The summed E-state index contributed by atoms with van der Waals surface area (Å²) in [6.07, 6.45) is 0.749. The van der Waals surface area contributed by atoms with Gasteiger partial charge in [-0.25, -0.2) is 9.37 Å². The summed E-state index contributed by atoms with van der Waals surface area (Å²) in [5.41, 5.74) is 0.397. The van der Waals surface area contributed by atoms with Gasteiger partial charge in [-0.05, 0) is 28.1 Å². The van der Waals surface area contributed by atoms with Gasteiger partial charge in [0.15, 0.2) is 5.82 Å². The number of benzene rings is 1. The van der Waals surface area contributed by atoms with Crippen molar-refractivity contribution < 1.29 is 4.39 Å². The van der Waals surface area contributed by atoms with Crippen LogP contribution in [0.25, 0.3) is 11.4 Å². The molecule has 78 valence electrons. The van der Waals surface area contributed by atoms with Gasteiger partial charge in [-0.2, -0.15) is 5.10 Å². The molecule has 3 nitrogen and oxygen atoms in total. The standard InChI is InChI=1S/C10H9BrFN3/c1-2-8-13-10(15-14-8)9-6(11)4-3-5-7(9)12/h3-5H,2H2,1H3,(H,13,14,15). The maximum atomic E-state index is 13.5. The molecular weight excluding hydrogens is 261 g/mol. The molecule has 0 unspecified atom stereocenters. The summed E-state index contributed by atoms with van der Waals surface area (Å²) in [6, 6.07) is 4.79. The van der Waals surface area contributed by atoms with Crippen LogP contribution in [0.15, 0.2) is 22.7 Å². The van der Waals surface area contributed by atoms with E-state index in [1.807, 2.05) is 6.92 Å². The fourth-order valence-electron chi connectivity index (χ4n) is 1.28. The highest BCUT2D eigenvalue weighted by Gasteiger charge is 2.13. The maximum Gasteiger partial charge on any atom is 0.185 e. The van der Waals surface area contributed by atoms with Crippen LogP contribution in [0.1, 0.15) is 12.7 Å². The fraction of sp³-hybridized carbons (Fsp3) is 0.200. The molecule has 5 heteroatoms. The molecule has 1 N–H and O–H groups in total. The normalized spacial score (nSPS) is 10.6. The highest BCUT2D eigenvalue weighted by molar-refractivity contribution is 9.10. The number of nitrogens with one attached hydrogen (secondary N) is 1. The average Bonchev–Trinajstić information content (AvgIpc) is 2.66. The summed E-state index contributed by atoms with van der Waals surface area (Å²) >= 11 is 3.28. The van der Waals surface area contributed by atoms with Crippen LogP contribution in [0.5, 0.6) is 0 Å². The van der Waals surface area contributed by atoms with Crippen molar-refractivity contribution in [3.63, 3.8) is 0 Å². The highest BCUT2D eigenvalue weighted by Crippen LogP contribution is 2.27. The number of hydrogen-bond acceptors (Lipinski definition) is 2. The second-order valence-corrected chi connectivity index (χ2v) is 3.91. The number of aryl methyl sites for hydroxylation is 1. The van der Waals surface area contributed by atoms with E-state index in [0.29, 0.717) is 15.9 Å². The molecule has 1 heterocycles. The topological polar surface area (TPSA) is 41.6 Å². The van der Waals surface area contributed by atoms with Crippen LogP contribution in [-0.4, -0.2) is 15.2 Å². The summed E-state index contributed by atoms with van der Waals surface area (Å²) in [5.74, 6) is 0.808. The van der Waals surface area contributed by atoms with Crippen molar-refractivity contribution in [1.29, 1.82) is 0 Å².